The van der Waals surface area contributed by atoms with Crippen LogP contribution in [-0.2, 0) is 20.1 Å². The molecular formula is C13H18N2O3S. The Morgan fingerprint density at radius 2 is 2.00 bits per heavy atom. The zero-order valence-corrected chi connectivity index (χ0v) is 11.8. The zero-order chi connectivity index (χ0) is 14.3. The van der Waals surface area contributed by atoms with Gasteiger partial charge in [-0.05, 0) is 18.1 Å². The maximum absolute atomic E-state index is 11.4. The van der Waals surface area contributed by atoms with Gasteiger partial charge in [0.1, 0.15) is 0 Å². The molecule has 1 rings (SSSR count). The quantitative estimate of drug-likeness (QED) is 0.354. The van der Waals surface area contributed by atoms with E-state index in [1.54, 1.807) is 6.92 Å². The summed E-state index contributed by atoms with van der Waals surface area (Å²) in [5.41, 5.74) is 4.14. The van der Waals surface area contributed by atoms with Crippen LogP contribution in [0.2, 0.25) is 0 Å². The second kappa shape index (κ2) is 7.81. The maximum Gasteiger partial charge on any atom is 0.315 e. The van der Waals surface area contributed by atoms with Crippen LogP contribution in [0.3, 0.4) is 0 Å². The van der Waals surface area contributed by atoms with Gasteiger partial charge in [0.15, 0.2) is 0 Å². The molecule has 1 aromatic rings. The minimum atomic E-state index is -0.276. The molecule has 0 heterocycles. The van der Waals surface area contributed by atoms with E-state index in [-0.39, 0.29) is 17.8 Å². The molecule has 1 amide bonds. The molecule has 0 aliphatic heterocycles. The summed E-state index contributed by atoms with van der Waals surface area (Å²) >= 11 is 1.49. The first-order valence-corrected chi connectivity index (χ1v) is 6.97. The van der Waals surface area contributed by atoms with Crippen LogP contribution in [0.5, 0.6) is 0 Å². The van der Waals surface area contributed by atoms with Crippen LogP contribution in [0.15, 0.2) is 24.3 Å². The lowest BCUT2D eigenvalue weighted by Crippen LogP contribution is -2.33. The highest BCUT2D eigenvalue weighted by Crippen LogP contribution is 2.18. The van der Waals surface area contributed by atoms with Crippen molar-refractivity contribution in [2.24, 2.45) is 5.84 Å². The Morgan fingerprint density at radius 3 is 2.53 bits per heavy atom. The highest BCUT2D eigenvalue weighted by Gasteiger charge is 2.13. The SMILES string of the molecule is COC(=O)CSCc1ccc(C(C)C(=O)NN)cc1. The first kappa shape index (κ1) is 15.5. The van der Waals surface area contributed by atoms with Crippen LogP contribution >= 0.6 is 11.8 Å². The molecule has 0 saturated carbocycles. The summed E-state index contributed by atoms with van der Waals surface area (Å²) in [7, 11) is 1.38. The predicted octanol–water partition coefficient (Wildman–Crippen LogP) is 1.19. The second-order valence-corrected chi connectivity index (χ2v) is 5.03. The van der Waals surface area contributed by atoms with Gasteiger partial charge in [0.05, 0.1) is 18.8 Å². The number of carbonyl (C=O) groups excluding carboxylic acids is 2. The molecule has 104 valence electrons. The Hall–Kier alpha value is -1.53. The van der Waals surface area contributed by atoms with Gasteiger partial charge in [0, 0.05) is 5.75 Å². The molecule has 0 spiro atoms. The molecule has 1 atom stereocenters. The number of methoxy groups -OCH3 is 1. The normalized spacial score (nSPS) is 11.7. The number of thioether (sulfide) groups is 1. The van der Waals surface area contributed by atoms with Gasteiger partial charge in [0.2, 0.25) is 5.91 Å². The van der Waals surface area contributed by atoms with E-state index in [9.17, 15) is 9.59 Å². The van der Waals surface area contributed by atoms with Crippen molar-refractivity contribution in [1.29, 1.82) is 0 Å². The van der Waals surface area contributed by atoms with Crippen molar-refractivity contribution < 1.29 is 14.3 Å². The number of rotatable bonds is 6. The molecule has 0 fully saturated rings. The smallest absolute Gasteiger partial charge is 0.315 e. The third kappa shape index (κ3) is 4.92. The van der Waals surface area contributed by atoms with Crippen LogP contribution in [-0.4, -0.2) is 24.7 Å². The van der Waals surface area contributed by atoms with Crippen molar-refractivity contribution >= 4 is 23.6 Å². The summed E-state index contributed by atoms with van der Waals surface area (Å²) in [6, 6.07) is 7.68. The lowest BCUT2D eigenvalue weighted by Gasteiger charge is -2.10. The molecular weight excluding hydrogens is 264 g/mol. The number of nitrogens with one attached hydrogen (secondary N) is 1. The lowest BCUT2D eigenvalue weighted by atomic mass is 10.00. The lowest BCUT2D eigenvalue weighted by molar-refractivity contribution is -0.137. The number of amides is 1. The molecule has 1 unspecified atom stereocenters. The Morgan fingerprint density at radius 1 is 1.37 bits per heavy atom. The van der Waals surface area contributed by atoms with Gasteiger partial charge >= 0.3 is 5.97 Å². The summed E-state index contributed by atoms with van der Waals surface area (Å²) in [5, 5.41) is 0. The number of ether oxygens (including phenoxy) is 1. The topological polar surface area (TPSA) is 81.4 Å². The van der Waals surface area contributed by atoms with Crippen LogP contribution in [0, 0.1) is 0 Å². The van der Waals surface area contributed by atoms with Crippen LogP contribution < -0.4 is 11.3 Å². The van der Waals surface area contributed by atoms with Crippen molar-refractivity contribution in [1.82, 2.24) is 5.43 Å². The Labute approximate surface area is 116 Å². The summed E-state index contributed by atoms with van der Waals surface area (Å²) < 4.78 is 4.56. The molecule has 0 aromatic heterocycles. The molecule has 6 heteroatoms. The summed E-state index contributed by atoms with van der Waals surface area (Å²) in [6.07, 6.45) is 0. The number of benzene rings is 1. The summed E-state index contributed by atoms with van der Waals surface area (Å²) in [6.45, 7) is 1.79. The molecule has 0 aliphatic carbocycles. The van der Waals surface area contributed by atoms with Gasteiger partial charge in [-0.2, -0.15) is 0 Å². The van der Waals surface area contributed by atoms with Crippen molar-refractivity contribution in [3.8, 4) is 0 Å². The van der Waals surface area contributed by atoms with Crippen molar-refractivity contribution in [2.75, 3.05) is 12.9 Å². The molecule has 0 aliphatic rings. The van der Waals surface area contributed by atoms with E-state index in [1.165, 1.54) is 18.9 Å². The monoisotopic (exact) mass is 282 g/mol. The molecule has 5 nitrogen and oxygen atoms in total. The highest BCUT2D eigenvalue weighted by molar-refractivity contribution is 7.99. The van der Waals surface area contributed by atoms with E-state index < -0.39 is 0 Å². The Balaban J connectivity index is 2.52. The van der Waals surface area contributed by atoms with E-state index in [4.69, 9.17) is 5.84 Å². The summed E-state index contributed by atoms with van der Waals surface area (Å²) in [5.74, 6) is 5.45. The number of hydrazine groups is 1. The van der Waals surface area contributed by atoms with E-state index >= 15 is 0 Å². The average Bonchev–Trinajstić information content (AvgIpc) is 2.46. The maximum atomic E-state index is 11.4. The first-order valence-electron chi connectivity index (χ1n) is 5.82. The van der Waals surface area contributed by atoms with E-state index in [0.29, 0.717) is 5.75 Å². The standard InChI is InChI=1S/C13H18N2O3S/c1-9(13(17)15-14)11-5-3-10(4-6-11)7-19-8-12(16)18-2/h3-6,9H,7-8,14H2,1-2H3,(H,15,17). The predicted molar refractivity (Wildman–Crippen MR) is 75.4 cm³/mol. The average molecular weight is 282 g/mol. The largest absolute Gasteiger partial charge is 0.468 e. The number of hydrogen-bond acceptors (Lipinski definition) is 5. The minimum absolute atomic E-state index is 0.215. The first-order chi connectivity index (χ1) is 9.08. The Kier molecular flexibility index (Phi) is 6.38. The highest BCUT2D eigenvalue weighted by atomic mass is 32.2. The molecule has 19 heavy (non-hydrogen) atoms. The third-order valence-corrected chi connectivity index (χ3v) is 3.71. The minimum Gasteiger partial charge on any atom is -0.468 e. The van der Waals surface area contributed by atoms with Gasteiger partial charge in [-0.1, -0.05) is 24.3 Å². The van der Waals surface area contributed by atoms with Gasteiger partial charge < -0.3 is 4.74 Å². The second-order valence-electron chi connectivity index (χ2n) is 4.04. The zero-order valence-electron chi connectivity index (χ0n) is 11.0. The number of esters is 1. The third-order valence-electron chi connectivity index (χ3n) is 2.73. The molecule has 0 bridgehead atoms. The van der Waals surface area contributed by atoms with Gasteiger partial charge in [0.25, 0.3) is 0 Å². The van der Waals surface area contributed by atoms with Crippen LogP contribution in [0.1, 0.15) is 24.0 Å². The van der Waals surface area contributed by atoms with Crippen molar-refractivity contribution in [3.63, 3.8) is 0 Å². The van der Waals surface area contributed by atoms with Gasteiger partial charge in [-0.3, -0.25) is 15.0 Å². The fourth-order valence-electron chi connectivity index (χ4n) is 1.49. The molecule has 0 saturated heterocycles. The fourth-order valence-corrected chi connectivity index (χ4v) is 2.30. The van der Waals surface area contributed by atoms with E-state index in [2.05, 4.69) is 10.2 Å². The number of hydrogen-bond donors (Lipinski definition) is 2. The van der Waals surface area contributed by atoms with Gasteiger partial charge in [-0.15, -0.1) is 11.8 Å². The van der Waals surface area contributed by atoms with E-state index in [0.717, 1.165) is 16.9 Å². The van der Waals surface area contributed by atoms with Gasteiger partial charge in [-0.25, -0.2) is 5.84 Å². The fraction of sp³-hybridized carbons (Fsp3) is 0.385. The van der Waals surface area contributed by atoms with Crippen LogP contribution in [0.4, 0.5) is 0 Å². The number of nitrogens with two attached hydrogens (primary N) is 1. The van der Waals surface area contributed by atoms with Crippen LogP contribution in [0.25, 0.3) is 0 Å². The molecule has 3 N–H and O–H groups in total. The van der Waals surface area contributed by atoms with E-state index in [1.807, 2.05) is 24.3 Å². The number of carbonyl (C=O) groups is 2. The van der Waals surface area contributed by atoms with Crippen molar-refractivity contribution in [2.45, 2.75) is 18.6 Å². The summed E-state index contributed by atoms with van der Waals surface area (Å²) in [4.78, 5) is 22.3. The molecule has 1 aromatic carbocycles. The molecule has 0 radical (unpaired) electrons. The Bertz CT molecular complexity index is 434. The van der Waals surface area contributed by atoms with Crippen molar-refractivity contribution in [3.05, 3.63) is 35.4 Å².